The molecule has 31 heavy (non-hydrogen) atoms. The summed E-state index contributed by atoms with van der Waals surface area (Å²) in [6.07, 6.45) is 1.79. The molecule has 4 aromatic rings. The first kappa shape index (κ1) is 20.4. The summed E-state index contributed by atoms with van der Waals surface area (Å²) in [6, 6.07) is 10.2. The van der Waals surface area contributed by atoms with Crippen LogP contribution in [-0.2, 0) is 6.61 Å². The van der Waals surface area contributed by atoms with Crippen molar-refractivity contribution in [2.45, 2.75) is 13.0 Å². The summed E-state index contributed by atoms with van der Waals surface area (Å²) in [7, 11) is 0. The van der Waals surface area contributed by atoms with Crippen molar-refractivity contribution in [3.8, 4) is 29.0 Å². The van der Waals surface area contributed by atoms with E-state index >= 15 is 0 Å². The van der Waals surface area contributed by atoms with Crippen LogP contribution in [-0.4, -0.2) is 25.1 Å². The Morgan fingerprint density at radius 2 is 1.97 bits per heavy atom. The molecule has 0 aliphatic heterocycles. The summed E-state index contributed by atoms with van der Waals surface area (Å²) in [6.45, 7) is 0.167. The number of nitrogens with zero attached hydrogens (tertiary/aromatic N) is 5. The van der Waals surface area contributed by atoms with E-state index in [9.17, 15) is 8.78 Å². The lowest BCUT2D eigenvalue weighted by Gasteiger charge is -2.06. The molecule has 7 nitrogen and oxygen atoms in total. The number of alkyl halides is 2. The molecule has 0 aliphatic carbocycles. The first-order valence-electron chi connectivity index (χ1n) is 8.86. The minimum atomic E-state index is -2.82. The zero-order chi connectivity index (χ0) is 21.6. The summed E-state index contributed by atoms with van der Waals surface area (Å²) in [5.41, 5.74) is 2.23. The number of halogens is 3. The van der Waals surface area contributed by atoms with Crippen LogP contribution in [0.15, 0.2) is 59.4 Å². The van der Waals surface area contributed by atoms with Gasteiger partial charge in [-0.25, -0.2) is 4.98 Å². The maximum absolute atomic E-state index is 12.6. The van der Waals surface area contributed by atoms with Gasteiger partial charge in [-0.2, -0.15) is 8.78 Å². The number of rotatable bonds is 5. The van der Waals surface area contributed by atoms with E-state index in [-0.39, 0.29) is 12.5 Å². The first-order chi connectivity index (χ1) is 15.1. The number of aromatic nitrogens is 5. The highest BCUT2D eigenvalue weighted by molar-refractivity contribution is 6.29. The lowest BCUT2D eigenvalue weighted by atomic mass is 10.2. The quantitative estimate of drug-likeness (QED) is 0.334. The van der Waals surface area contributed by atoms with Crippen LogP contribution in [0.4, 0.5) is 8.78 Å². The molecular weight excluding hydrogens is 428 g/mol. The van der Waals surface area contributed by atoms with Gasteiger partial charge in [-0.05, 0) is 36.3 Å². The van der Waals surface area contributed by atoms with Crippen LogP contribution in [0, 0.1) is 11.8 Å². The largest absolute Gasteiger partial charge is 0.486 e. The van der Waals surface area contributed by atoms with Crippen LogP contribution in [0.25, 0.3) is 11.5 Å². The van der Waals surface area contributed by atoms with E-state index in [0.717, 1.165) is 0 Å². The lowest BCUT2D eigenvalue weighted by Crippen LogP contribution is -1.99. The first-order valence-corrected chi connectivity index (χ1v) is 9.24. The van der Waals surface area contributed by atoms with Crippen molar-refractivity contribution in [2.75, 3.05) is 0 Å². The van der Waals surface area contributed by atoms with Gasteiger partial charge in [0, 0.05) is 18.0 Å². The Kier molecular flexibility index (Phi) is 6.10. The van der Waals surface area contributed by atoms with Gasteiger partial charge in [0.2, 0.25) is 5.89 Å². The van der Waals surface area contributed by atoms with E-state index < -0.39 is 12.3 Å². The smallest absolute Gasteiger partial charge is 0.314 e. The van der Waals surface area contributed by atoms with Gasteiger partial charge in [0.15, 0.2) is 0 Å². The highest BCUT2D eigenvalue weighted by Gasteiger charge is 2.17. The molecule has 4 rings (SSSR count). The van der Waals surface area contributed by atoms with Crippen molar-refractivity contribution in [2.24, 2.45) is 0 Å². The van der Waals surface area contributed by atoms with Crippen LogP contribution in [0.5, 0.6) is 5.75 Å². The third-order valence-electron chi connectivity index (χ3n) is 3.85. The topological polar surface area (TPSA) is 86.8 Å². The Bertz CT molecular complexity index is 1250. The molecular formula is C21H12ClF2N5O2. The van der Waals surface area contributed by atoms with Crippen LogP contribution < -0.4 is 4.74 Å². The minimum Gasteiger partial charge on any atom is -0.486 e. The second-order valence-corrected chi connectivity index (χ2v) is 6.47. The predicted molar refractivity (Wildman–Crippen MR) is 106 cm³/mol. The van der Waals surface area contributed by atoms with Crippen LogP contribution in [0.1, 0.15) is 29.3 Å². The van der Waals surface area contributed by atoms with E-state index in [4.69, 9.17) is 20.8 Å². The summed E-state index contributed by atoms with van der Waals surface area (Å²) < 4.78 is 35.7. The molecule has 0 saturated carbocycles. The zero-order valence-corrected chi connectivity index (χ0v) is 16.4. The summed E-state index contributed by atoms with van der Waals surface area (Å²) in [4.78, 5) is 12.4. The molecule has 0 bridgehead atoms. The average Bonchev–Trinajstić information content (AvgIpc) is 3.28. The number of ether oxygens (including phenoxy) is 1. The Labute approximate surface area is 180 Å². The van der Waals surface area contributed by atoms with Gasteiger partial charge >= 0.3 is 6.43 Å². The number of hydrogen-bond acceptors (Lipinski definition) is 7. The predicted octanol–water partition coefficient (Wildman–Crippen LogP) is 4.49. The van der Waals surface area contributed by atoms with E-state index in [1.807, 2.05) is 0 Å². The molecule has 0 unspecified atom stereocenters. The standard InChI is InChI=1S/C21H12ClF2N5O2/c22-18-3-1-2-15(27-18)6-4-13-8-17(11-25-9-13)30-12-16-7-5-14(10-26-16)20-28-29-21(31-20)19(23)24/h1-3,5,7-11,19H,12H2. The van der Waals surface area contributed by atoms with Gasteiger partial charge in [-0.1, -0.05) is 23.6 Å². The average molecular weight is 440 g/mol. The van der Waals surface area contributed by atoms with Crippen molar-refractivity contribution < 1.29 is 17.9 Å². The third kappa shape index (κ3) is 5.38. The van der Waals surface area contributed by atoms with Crippen LogP contribution >= 0.6 is 11.6 Å². The number of pyridine rings is 3. The molecule has 0 aliphatic rings. The normalized spacial score (nSPS) is 10.6. The van der Waals surface area contributed by atoms with E-state index in [1.165, 1.54) is 6.20 Å². The fraction of sp³-hybridized carbons (Fsp3) is 0.0952. The van der Waals surface area contributed by atoms with Gasteiger partial charge in [-0.3, -0.25) is 9.97 Å². The molecule has 4 heterocycles. The van der Waals surface area contributed by atoms with Crippen molar-refractivity contribution in [3.63, 3.8) is 0 Å². The second kappa shape index (κ2) is 9.28. The molecule has 0 fully saturated rings. The van der Waals surface area contributed by atoms with Crippen LogP contribution in [0.2, 0.25) is 5.15 Å². The van der Waals surface area contributed by atoms with Gasteiger partial charge in [-0.15, -0.1) is 10.2 Å². The van der Waals surface area contributed by atoms with E-state index in [0.29, 0.717) is 33.4 Å². The highest BCUT2D eigenvalue weighted by Crippen LogP contribution is 2.23. The van der Waals surface area contributed by atoms with Gasteiger partial charge in [0.1, 0.15) is 23.2 Å². The Balaban J connectivity index is 1.40. The Hall–Kier alpha value is -3.90. The second-order valence-electron chi connectivity index (χ2n) is 6.08. The van der Waals surface area contributed by atoms with Gasteiger partial charge in [0.05, 0.1) is 17.5 Å². The fourth-order valence-corrected chi connectivity index (χ4v) is 2.58. The van der Waals surface area contributed by atoms with Gasteiger partial charge in [0.25, 0.3) is 5.89 Å². The van der Waals surface area contributed by atoms with Crippen molar-refractivity contribution in [1.82, 2.24) is 25.1 Å². The molecule has 0 atom stereocenters. The molecule has 0 N–H and O–H groups in total. The molecule has 0 radical (unpaired) electrons. The summed E-state index contributed by atoms with van der Waals surface area (Å²) in [5, 5.41) is 7.24. The maximum atomic E-state index is 12.6. The molecule has 0 spiro atoms. The molecule has 0 amide bonds. The molecule has 4 aromatic heterocycles. The third-order valence-corrected chi connectivity index (χ3v) is 4.06. The number of hydrogen-bond donors (Lipinski definition) is 0. The monoisotopic (exact) mass is 439 g/mol. The van der Waals surface area contributed by atoms with Crippen molar-refractivity contribution in [1.29, 1.82) is 0 Å². The fourth-order valence-electron chi connectivity index (χ4n) is 2.41. The molecule has 0 aromatic carbocycles. The SMILES string of the molecule is FC(F)c1nnc(-c2ccc(COc3cncc(C#Cc4cccc(Cl)n4)c3)nc2)o1. The van der Waals surface area contributed by atoms with Crippen LogP contribution in [0.3, 0.4) is 0 Å². The molecule has 0 saturated heterocycles. The van der Waals surface area contributed by atoms with Gasteiger partial charge < -0.3 is 9.15 Å². The Morgan fingerprint density at radius 3 is 2.71 bits per heavy atom. The molecule has 10 heteroatoms. The Morgan fingerprint density at radius 1 is 1.06 bits per heavy atom. The van der Waals surface area contributed by atoms with Crippen molar-refractivity contribution in [3.05, 3.63) is 83.0 Å². The molecule has 154 valence electrons. The lowest BCUT2D eigenvalue weighted by molar-refractivity contribution is 0.116. The maximum Gasteiger partial charge on any atom is 0.314 e. The summed E-state index contributed by atoms with van der Waals surface area (Å²) in [5.74, 6) is 5.62. The zero-order valence-electron chi connectivity index (χ0n) is 15.7. The minimum absolute atomic E-state index is 0.0278. The van der Waals surface area contributed by atoms with E-state index in [2.05, 4.69) is 37.0 Å². The van der Waals surface area contributed by atoms with Crippen molar-refractivity contribution >= 4 is 11.6 Å². The summed E-state index contributed by atoms with van der Waals surface area (Å²) >= 11 is 5.85. The highest BCUT2D eigenvalue weighted by atomic mass is 35.5. The van der Waals surface area contributed by atoms with E-state index in [1.54, 1.807) is 48.8 Å².